The van der Waals surface area contributed by atoms with Crippen molar-refractivity contribution in [2.45, 2.75) is 26.7 Å². The van der Waals surface area contributed by atoms with Gasteiger partial charge in [-0.1, -0.05) is 6.58 Å². The summed E-state index contributed by atoms with van der Waals surface area (Å²) in [7, 11) is 3.20. The maximum atomic E-state index is 10.4. The summed E-state index contributed by atoms with van der Waals surface area (Å²) in [5, 5.41) is 25.9. The molecule has 27 heavy (non-hydrogen) atoms. The molecule has 0 heterocycles. The SMILES string of the molecule is C=COC(C)=O.COCCC(CO)CO.COCC[C@H](CO)COC(C)=O. The standard InChI is InChI=1S/C8H16O4.C6H14O3.C4H6O2/c1-7(10)12-6-8(5-9)3-4-11-2;1-9-3-2-6(4-7)5-8;1-3-6-4(2)5/h8-9H,3-6H2,1-2H3;6-8H,2-5H2,1H3;3H,1H2,2H3/t8-;;/m1../s1. The van der Waals surface area contributed by atoms with Crippen molar-refractivity contribution in [1.82, 2.24) is 0 Å². The van der Waals surface area contributed by atoms with Crippen LogP contribution in [0.1, 0.15) is 26.7 Å². The number of methoxy groups -OCH3 is 2. The van der Waals surface area contributed by atoms with Crippen LogP contribution >= 0.6 is 0 Å². The molecule has 0 fully saturated rings. The van der Waals surface area contributed by atoms with E-state index in [0.717, 1.165) is 12.7 Å². The number of aliphatic hydroxyl groups excluding tert-OH is 3. The van der Waals surface area contributed by atoms with E-state index in [-0.39, 0.29) is 50.2 Å². The number of carbonyl (C=O) groups excluding carboxylic acids is 2. The molecular formula is C18H36O9. The molecule has 0 unspecified atom stereocenters. The summed E-state index contributed by atoms with van der Waals surface area (Å²) in [6.45, 7) is 7.39. The molecular weight excluding hydrogens is 360 g/mol. The topological polar surface area (TPSA) is 132 Å². The van der Waals surface area contributed by atoms with Crippen molar-refractivity contribution in [3.8, 4) is 0 Å². The van der Waals surface area contributed by atoms with Gasteiger partial charge in [0.05, 0.1) is 12.9 Å². The average Bonchev–Trinajstić information content (AvgIpc) is 2.63. The molecule has 0 amide bonds. The fourth-order valence-electron chi connectivity index (χ4n) is 1.39. The zero-order valence-corrected chi connectivity index (χ0v) is 16.9. The van der Waals surface area contributed by atoms with Gasteiger partial charge in [0.15, 0.2) is 0 Å². The second kappa shape index (κ2) is 24.5. The highest BCUT2D eigenvalue weighted by molar-refractivity contribution is 5.66. The molecule has 0 saturated carbocycles. The Morgan fingerprint density at radius 3 is 1.59 bits per heavy atom. The van der Waals surface area contributed by atoms with Crippen LogP contribution in [0.4, 0.5) is 0 Å². The number of ether oxygens (including phenoxy) is 4. The molecule has 0 aromatic heterocycles. The molecule has 1 atom stereocenters. The lowest BCUT2D eigenvalue weighted by Crippen LogP contribution is -2.17. The van der Waals surface area contributed by atoms with Crippen molar-refractivity contribution < 1.29 is 43.9 Å². The molecule has 162 valence electrons. The number of hydrogen-bond donors (Lipinski definition) is 3. The molecule has 9 heteroatoms. The maximum Gasteiger partial charge on any atom is 0.307 e. The van der Waals surface area contributed by atoms with Crippen molar-refractivity contribution in [3.05, 3.63) is 12.8 Å². The first-order chi connectivity index (χ1) is 12.8. The van der Waals surface area contributed by atoms with Gasteiger partial charge in [-0.25, -0.2) is 0 Å². The minimum atomic E-state index is -0.329. The van der Waals surface area contributed by atoms with E-state index < -0.39 is 0 Å². The Kier molecular flexibility index (Phi) is 27.4. The van der Waals surface area contributed by atoms with Crippen molar-refractivity contribution in [1.29, 1.82) is 0 Å². The Labute approximate surface area is 161 Å². The molecule has 0 radical (unpaired) electrons. The van der Waals surface area contributed by atoms with E-state index in [1.165, 1.54) is 13.8 Å². The Morgan fingerprint density at radius 1 is 0.889 bits per heavy atom. The number of rotatable bonds is 12. The van der Waals surface area contributed by atoms with Crippen LogP contribution in [0.15, 0.2) is 12.8 Å². The van der Waals surface area contributed by atoms with Crippen molar-refractivity contribution in [3.63, 3.8) is 0 Å². The normalized spacial score (nSPS) is 10.7. The van der Waals surface area contributed by atoms with Crippen molar-refractivity contribution >= 4 is 11.9 Å². The lowest BCUT2D eigenvalue weighted by molar-refractivity contribution is -0.143. The van der Waals surface area contributed by atoms with E-state index in [1.54, 1.807) is 14.2 Å². The highest BCUT2D eigenvalue weighted by atomic mass is 16.5. The molecule has 0 bridgehead atoms. The largest absolute Gasteiger partial charge is 0.465 e. The van der Waals surface area contributed by atoms with Crippen LogP contribution in [0.2, 0.25) is 0 Å². The van der Waals surface area contributed by atoms with E-state index in [4.69, 9.17) is 29.5 Å². The molecule has 9 nitrogen and oxygen atoms in total. The van der Waals surface area contributed by atoms with Gasteiger partial charge < -0.3 is 34.3 Å². The molecule has 0 aliphatic carbocycles. The van der Waals surface area contributed by atoms with Gasteiger partial charge >= 0.3 is 11.9 Å². The van der Waals surface area contributed by atoms with Gasteiger partial charge in [-0.2, -0.15) is 0 Å². The fourth-order valence-corrected chi connectivity index (χ4v) is 1.39. The fraction of sp³-hybridized carbons (Fsp3) is 0.778. The van der Waals surface area contributed by atoms with Gasteiger partial charge in [0.1, 0.15) is 0 Å². The Morgan fingerprint density at radius 2 is 1.33 bits per heavy atom. The van der Waals surface area contributed by atoms with Crippen LogP contribution < -0.4 is 0 Å². The van der Waals surface area contributed by atoms with Crippen LogP contribution in [0, 0.1) is 11.8 Å². The average molecular weight is 396 g/mol. The third-order valence-electron chi connectivity index (χ3n) is 3.01. The number of hydrogen-bond acceptors (Lipinski definition) is 9. The predicted molar refractivity (Wildman–Crippen MR) is 99.8 cm³/mol. The quantitative estimate of drug-likeness (QED) is 0.319. The van der Waals surface area contributed by atoms with Gasteiger partial charge in [0, 0.05) is 72.9 Å². The lowest BCUT2D eigenvalue weighted by atomic mass is 10.1. The van der Waals surface area contributed by atoms with Gasteiger partial charge in [-0.15, -0.1) is 0 Å². The Hall–Kier alpha value is -1.52. The van der Waals surface area contributed by atoms with E-state index in [0.29, 0.717) is 19.6 Å². The zero-order chi connectivity index (χ0) is 21.5. The maximum absolute atomic E-state index is 10.4. The van der Waals surface area contributed by atoms with Crippen LogP contribution in [0.5, 0.6) is 0 Å². The summed E-state index contributed by atoms with van der Waals surface area (Å²) >= 11 is 0. The Balaban J connectivity index is -0.000000340. The molecule has 0 aliphatic heterocycles. The summed E-state index contributed by atoms with van der Waals surface area (Å²) in [5.41, 5.74) is 0. The van der Waals surface area contributed by atoms with E-state index in [9.17, 15) is 9.59 Å². The third kappa shape index (κ3) is 29.5. The van der Waals surface area contributed by atoms with Gasteiger partial charge in [-0.3, -0.25) is 9.59 Å². The highest BCUT2D eigenvalue weighted by Crippen LogP contribution is 2.02. The molecule has 3 N–H and O–H groups in total. The van der Waals surface area contributed by atoms with Crippen molar-refractivity contribution in [2.75, 3.05) is 53.9 Å². The summed E-state index contributed by atoms with van der Waals surface area (Å²) in [6.07, 6.45) is 2.53. The predicted octanol–water partition coefficient (Wildman–Crippen LogP) is 0.511. The van der Waals surface area contributed by atoms with Crippen LogP contribution in [-0.4, -0.2) is 81.1 Å². The minimum absolute atomic E-state index is 0.00569. The van der Waals surface area contributed by atoms with Gasteiger partial charge in [0.25, 0.3) is 0 Å². The van der Waals surface area contributed by atoms with E-state index in [2.05, 4.69) is 11.3 Å². The first-order valence-electron chi connectivity index (χ1n) is 8.54. The second-order valence-corrected chi connectivity index (χ2v) is 5.42. The summed E-state index contributed by atoms with van der Waals surface area (Å²) in [4.78, 5) is 20.2. The lowest BCUT2D eigenvalue weighted by Gasteiger charge is -2.12. The smallest absolute Gasteiger partial charge is 0.307 e. The minimum Gasteiger partial charge on any atom is -0.465 e. The number of esters is 2. The zero-order valence-electron chi connectivity index (χ0n) is 16.9. The van der Waals surface area contributed by atoms with E-state index in [1.807, 2.05) is 0 Å². The van der Waals surface area contributed by atoms with Crippen LogP contribution in [-0.2, 0) is 28.5 Å². The van der Waals surface area contributed by atoms with Crippen LogP contribution in [0.3, 0.4) is 0 Å². The highest BCUT2D eigenvalue weighted by Gasteiger charge is 2.08. The summed E-state index contributed by atoms with van der Waals surface area (Å²) in [6, 6.07) is 0. The van der Waals surface area contributed by atoms with E-state index >= 15 is 0 Å². The monoisotopic (exact) mass is 396 g/mol. The molecule has 0 rings (SSSR count). The summed E-state index contributed by atoms with van der Waals surface area (Å²) < 4.78 is 18.5. The molecule has 0 spiro atoms. The molecule has 0 aliphatic rings. The van der Waals surface area contributed by atoms with Crippen molar-refractivity contribution in [2.24, 2.45) is 11.8 Å². The Bertz CT molecular complexity index is 344. The summed E-state index contributed by atoms with van der Waals surface area (Å²) in [5.74, 6) is -0.658. The molecule has 0 aromatic rings. The first kappa shape index (κ1) is 30.2. The molecule has 0 saturated heterocycles. The van der Waals surface area contributed by atoms with Crippen LogP contribution in [0.25, 0.3) is 0 Å². The first-order valence-corrected chi connectivity index (χ1v) is 8.54. The molecule has 0 aromatic carbocycles. The second-order valence-electron chi connectivity index (χ2n) is 5.42. The van der Waals surface area contributed by atoms with Gasteiger partial charge in [-0.05, 0) is 12.8 Å². The van der Waals surface area contributed by atoms with Gasteiger partial charge in [0.2, 0.25) is 0 Å². The number of aliphatic hydroxyl groups is 3. The number of carbonyl (C=O) groups is 2. The third-order valence-corrected chi connectivity index (χ3v) is 3.01.